The van der Waals surface area contributed by atoms with Crippen molar-refractivity contribution in [3.63, 3.8) is 0 Å². The number of aromatic nitrogens is 1. The van der Waals surface area contributed by atoms with Crippen LogP contribution in [0, 0.1) is 5.82 Å². The summed E-state index contributed by atoms with van der Waals surface area (Å²) >= 11 is 6.90. The van der Waals surface area contributed by atoms with E-state index in [1.54, 1.807) is 6.92 Å². The lowest BCUT2D eigenvalue weighted by Gasteiger charge is -2.49. The standard InChI is InChI=1S/C20H19ClF2N4O2S/c1-11-7-19(23)10-30-18(24)27-20(19,9-29-11)14-6-13(3-4-15(14)22)26-17(28)16-5-2-12(21)8-25-16/h2-6,8,11H,7,9-10H2,1H3,(H2,24,27)(H,26,28)/t11-,19+,20+/m0/s1. The number of amidine groups is 1. The molecule has 1 fully saturated rings. The van der Waals surface area contributed by atoms with Crippen molar-refractivity contribution >= 4 is 40.1 Å². The first-order valence-electron chi connectivity index (χ1n) is 9.24. The third kappa shape index (κ3) is 3.66. The van der Waals surface area contributed by atoms with Crippen LogP contribution in [0.3, 0.4) is 0 Å². The number of benzene rings is 1. The number of hydrogen-bond donors (Lipinski definition) is 2. The molecule has 1 saturated heterocycles. The molecule has 4 rings (SSSR count). The zero-order valence-corrected chi connectivity index (χ0v) is 17.6. The van der Waals surface area contributed by atoms with Crippen molar-refractivity contribution < 1.29 is 18.3 Å². The lowest BCUT2D eigenvalue weighted by atomic mass is 9.72. The molecule has 30 heavy (non-hydrogen) atoms. The van der Waals surface area contributed by atoms with Crippen molar-refractivity contribution in [2.45, 2.75) is 30.7 Å². The summed E-state index contributed by atoms with van der Waals surface area (Å²) in [6, 6.07) is 6.94. The summed E-state index contributed by atoms with van der Waals surface area (Å²) in [4.78, 5) is 20.8. The second-order valence-corrected chi connectivity index (χ2v) is 8.83. The van der Waals surface area contributed by atoms with Gasteiger partial charge in [-0.3, -0.25) is 4.79 Å². The number of nitrogens with zero attached hydrogens (tertiary/aromatic N) is 2. The largest absolute Gasteiger partial charge is 0.379 e. The summed E-state index contributed by atoms with van der Waals surface area (Å²) in [6.45, 7) is 1.61. The van der Waals surface area contributed by atoms with Crippen LogP contribution < -0.4 is 11.1 Å². The highest BCUT2D eigenvalue weighted by atomic mass is 35.5. The van der Waals surface area contributed by atoms with Gasteiger partial charge in [0.2, 0.25) is 0 Å². The molecule has 2 aliphatic rings. The van der Waals surface area contributed by atoms with Crippen LogP contribution in [0.15, 0.2) is 41.5 Å². The number of pyridine rings is 1. The molecule has 1 aromatic heterocycles. The number of halogens is 3. The molecular formula is C20H19ClF2N4O2S. The van der Waals surface area contributed by atoms with Gasteiger partial charge in [0.1, 0.15) is 17.1 Å². The highest BCUT2D eigenvalue weighted by Gasteiger charge is 2.60. The number of carbonyl (C=O) groups excluding carboxylic acids is 1. The van der Waals surface area contributed by atoms with Crippen LogP contribution in [0.5, 0.6) is 0 Å². The second-order valence-electron chi connectivity index (χ2n) is 7.40. The van der Waals surface area contributed by atoms with E-state index in [1.165, 1.54) is 36.5 Å². The number of rotatable bonds is 3. The molecule has 0 saturated carbocycles. The Kier molecular flexibility index (Phi) is 5.46. The lowest BCUT2D eigenvalue weighted by molar-refractivity contribution is -0.107. The van der Waals surface area contributed by atoms with Crippen molar-refractivity contribution in [1.82, 2.24) is 4.98 Å². The quantitative estimate of drug-likeness (QED) is 0.737. The third-order valence-corrected chi connectivity index (χ3v) is 6.52. The van der Waals surface area contributed by atoms with E-state index in [-0.39, 0.29) is 47.0 Å². The topological polar surface area (TPSA) is 89.6 Å². The summed E-state index contributed by atoms with van der Waals surface area (Å²) in [5, 5.41) is 3.21. The zero-order valence-electron chi connectivity index (χ0n) is 16.0. The Hall–Kier alpha value is -2.23. The number of nitrogens with one attached hydrogen (secondary N) is 1. The predicted molar refractivity (Wildman–Crippen MR) is 113 cm³/mol. The van der Waals surface area contributed by atoms with Crippen molar-refractivity contribution in [1.29, 1.82) is 0 Å². The molecule has 2 aliphatic heterocycles. The number of fused-ring (bicyclic) bond motifs is 1. The van der Waals surface area contributed by atoms with Crippen molar-refractivity contribution in [2.24, 2.45) is 10.7 Å². The van der Waals surface area contributed by atoms with Crippen molar-refractivity contribution in [3.8, 4) is 0 Å². The van der Waals surface area contributed by atoms with E-state index in [9.17, 15) is 9.18 Å². The van der Waals surface area contributed by atoms with Crippen molar-refractivity contribution in [3.05, 3.63) is 58.6 Å². The fourth-order valence-corrected chi connectivity index (χ4v) is 4.87. The summed E-state index contributed by atoms with van der Waals surface area (Å²) < 4.78 is 36.7. The van der Waals surface area contributed by atoms with Gasteiger partial charge < -0.3 is 15.8 Å². The maximum atomic E-state index is 16.1. The molecule has 6 nitrogen and oxygen atoms in total. The Balaban J connectivity index is 1.72. The number of anilines is 1. The van der Waals surface area contributed by atoms with Crippen LogP contribution in [-0.4, -0.2) is 40.2 Å². The molecule has 0 bridgehead atoms. The minimum Gasteiger partial charge on any atom is -0.379 e. The maximum absolute atomic E-state index is 16.1. The maximum Gasteiger partial charge on any atom is 0.274 e. The first-order chi connectivity index (χ1) is 14.2. The number of hydrogen-bond acceptors (Lipinski definition) is 6. The van der Waals surface area contributed by atoms with Gasteiger partial charge >= 0.3 is 0 Å². The molecule has 3 atom stereocenters. The first kappa shape index (κ1) is 21.0. The average molecular weight is 453 g/mol. The van der Waals surface area contributed by atoms with Crippen LogP contribution >= 0.6 is 23.4 Å². The second kappa shape index (κ2) is 7.79. The van der Waals surface area contributed by atoms with Crippen LogP contribution in [0.2, 0.25) is 5.02 Å². The minimum atomic E-state index is -1.85. The SMILES string of the molecule is C[C@H]1C[C@@]2(F)CSC(N)=N[C@@]2(c2cc(NC(=O)c3ccc(Cl)cn3)ccc2F)CO1. The van der Waals surface area contributed by atoms with Crippen molar-refractivity contribution in [2.75, 3.05) is 17.7 Å². The van der Waals surface area contributed by atoms with Crippen LogP contribution in [0.4, 0.5) is 14.5 Å². The Labute approximate surface area is 181 Å². The molecule has 1 amide bonds. The number of alkyl halides is 1. The van der Waals surface area contributed by atoms with Gasteiger partial charge in [0.05, 0.1) is 17.7 Å². The smallest absolute Gasteiger partial charge is 0.274 e. The summed E-state index contributed by atoms with van der Waals surface area (Å²) in [7, 11) is 0. The van der Waals surface area contributed by atoms with Gasteiger partial charge in [-0.1, -0.05) is 23.4 Å². The fraction of sp³-hybridized carbons (Fsp3) is 0.350. The number of ether oxygens (including phenoxy) is 1. The van der Waals surface area contributed by atoms with Crippen LogP contribution in [0.25, 0.3) is 0 Å². The van der Waals surface area contributed by atoms with E-state index in [0.717, 1.165) is 11.8 Å². The summed E-state index contributed by atoms with van der Waals surface area (Å²) in [5.41, 5.74) is 2.82. The molecule has 0 unspecified atom stereocenters. The molecule has 10 heteroatoms. The Morgan fingerprint density at radius 3 is 2.93 bits per heavy atom. The number of amides is 1. The minimum absolute atomic E-state index is 0.0120. The van der Waals surface area contributed by atoms with Gasteiger partial charge in [-0.25, -0.2) is 18.8 Å². The number of nitrogens with two attached hydrogens (primary N) is 1. The highest BCUT2D eigenvalue weighted by molar-refractivity contribution is 8.13. The van der Waals surface area contributed by atoms with Gasteiger partial charge in [-0.2, -0.15) is 0 Å². The van der Waals surface area contributed by atoms with Gasteiger partial charge in [-0.05, 0) is 37.3 Å². The summed E-state index contributed by atoms with van der Waals surface area (Å²) in [5.74, 6) is -1.12. The number of carbonyl (C=O) groups is 1. The fourth-order valence-electron chi connectivity index (χ4n) is 3.80. The first-order valence-corrected chi connectivity index (χ1v) is 10.6. The molecule has 3 N–H and O–H groups in total. The van der Waals surface area contributed by atoms with E-state index < -0.39 is 22.9 Å². The molecule has 158 valence electrons. The van der Waals surface area contributed by atoms with E-state index in [0.29, 0.717) is 5.02 Å². The zero-order chi connectivity index (χ0) is 21.5. The van der Waals surface area contributed by atoms with Gasteiger partial charge in [-0.15, -0.1) is 0 Å². The molecule has 3 heterocycles. The Morgan fingerprint density at radius 2 is 2.20 bits per heavy atom. The highest BCUT2D eigenvalue weighted by Crippen LogP contribution is 2.51. The Bertz CT molecular complexity index is 1020. The van der Waals surface area contributed by atoms with Crippen LogP contribution in [0.1, 0.15) is 29.4 Å². The number of aliphatic imine (C=N–C) groups is 1. The normalized spacial score (nSPS) is 28.4. The van der Waals surface area contributed by atoms with E-state index in [4.69, 9.17) is 22.1 Å². The molecular weight excluding hydrogens is 434 g/mol. The van der Waals surface area contributed by atoms with E-state index >= 15 is 4.39 Å². The third-order valence-electron chi connectivity index (χ3n) is 5.31. The predicted octanol–water partition coefficient (Wildman–Crippen LogP) is 3.90. The van der Waals surface area contributed by atoms with E-state index in [1.807, 2.05) is 0 Å². The molecule has 1 aromatic carbocycles. The van der Waals surface area contributed by atoms with Gasteiger partial charge in [0, 0.05) is 29.6 Å². The van der Waals surface area contributed by atoms with E-state index in [2.05, 4.69) is 15.3 Å². The average Bonchev–Trinajstić information content (AvgIpc) is 2.70. The molecule has 0 aliphatic carbocycles. The van der Waals surface area contributed by atoms with Gasteiger partial charge in [0.25, 0.3) is 5.91 Å². The molecule has 2 aromatic rings. The Morgan fingerprint density at radius 1 is 1.40 bits per heavy atom. The van der Waals surface area contributed by atoms with Gasteiger partial charge in [0.15, 0.2) is 10.8 Å². The summed E-state index contributed by atoms with van der Waals surface area (Å²) in [6.07, 6.45) is 1.07. The number of thioether (sulfide) groups is 1. The lowest BCUT2D eigenvalue weighted by Crippen LogP contribution is -2.60. The molecule has 0 spiro atoms. The monoisotopic (exact) mass is 452 g/mol. The van der Waals surface area contributed by atoms with Crippen LogP contribution in [-0.2, 0) is 10.3 Å². The molecule has 0 radical (unpaired) electrons.